The Bertz CT molecular complexity index is 689. The Balaban J connectivity index is 1.73. The number of methoxy groups -OCH3 is 1. The van der Waals surface area contributed by atoms with Crippen LogP contribution in [0.5, 0.6) is 0 Å². The molecule has 0 N–H and O–H groups in total. The molecule has 1 aliphatic rings. The highest BCUT2D eigenvalue weighted by atomic mass is 16.5. The van der Waals surface area contributed by atoms with Crippen molar-refractivity contribution in [1.82, 2.24) is 4.90 Å². The van der Waals surface area contributed by atoms with Crippen LogP contribution in [0.25, 0.3) is 0 Å². The van der Waals surface area contributed by atoms with Gasteiger partial charge in [-0.05, 0) is 31.4 Å². The Morgan fingerprint density at radius 2 is 2.08 bits per heavy atom. The number of carbonyl (C=O) groups excluding carboxylic acids is 1. The number of rotatable bonds is 7. The Hall–Kier alpha value is -2.11. The second kappa shape index (κ2) is 8.32. The molecule has 2 heterocycles. The van der Waals surface area contributed by atoms with Gasteiger partial charge in [-0.15, -0.1) is 0 Å². The van der Waals surface area contributed by atoms with Crippen LogP contribution in [0.2, 0.25) is 0 Å². The Labute approximate surface area is 148 Å². The lowest BCUT2D eigenvalue weighted by atomic mass is 10.1. The van der Waals surface area contributed by atoms with E-state index >= 15 is 0 Å². The topological polar surface area (TPSA) is 51.9 Å². The molecule has 1 unspecified atom stereocenters. The van der Waals surface area contributed by atoms with E-state index in [0.717, 1.165) is 43.9 Å². The molecule has 1 aliphatic heterocycles. The Kier molecular flexibility index (Phi) is 5.89. The molecule has 0 amide bonds. The summed E-state index contributed by atoms with van der Waals surface area (Å²) >= 11 is 0. The minimum atomic E-state index is -0.433. The highest BCUT2D eigenvalue weighted by Crippen LogP contribution is 2.21. The van der Waals surface area contributed by atoms with Crippen LogP contribution in [-0.2, 0) is 22.6 Å². The van der Waals surface area contributed by atoms with Gasteiger partial charge in [0, 0.05) is 25.3 Å². The maximum atomic E-state index is 11.8. The Morgan fingerprint density at radius 1 is 1.28 bits per heavy atom. The van der Waals surface area contributed by atoms with E-state index in [4.69, 9.17) is 13.9 Å². The maximum absolute atomic E-state index is 11.8. The van der Waals surface area contributed by atoms with Crippen LogP contribution in [-0.4, -0.2) is 37.2 Å². The van der Waals surface area contributed by atoms with Crippen LogP contribution < -0.4 is 0 Å². The van der Waals surface area contributed by atoms with Crippen LogP contribution in [0.3, 0.4) is 0 Å². The van der Waals surface area contributed by atoms with E-state index in [9.17, 15) is 4.79 Å². The minimum absolute atomic E-state index is 0.264. The van der Waals surface area contributed by atoms with Crippen LogP contribution in [0, 0.1) is 6.92 Å². The number of hydrogen-bond donors (Lipinski definition) is 0. The summed E-state index contributed by atoms with van der Waals surface area (Å²) in [6, 6.07) is 12.3. The monoisotopic (exact) mass is 343 g/mol. The first-order valence-electron chi connectivity index (χ1n) is 8.71. The van der Waals surface area contributed by atoms with Crippen LogP contribution in [0.15, 0.2) is 40.8 Å². The van der Waals surface area contributed by atoms with Crippen LogP contribution >= 0.6 is 0 Å². The number of carbonyl (C=O) groups is 1. The first-order valence-corrected chi connectivity index (χ1v) is 8.71. The predicted molar refractivity (Wildman–Crippen MR) is 94.3 cm³/mol. The lowest BCUT2D eigenvalue weighted by molar-refractivity contribution is 0.0547. The first kappa shape index (κ1) is 17.7. The number of nitrogens with zero attached hydrogens (tertiary/aromatic N) is 1. The average Bonchev–Trinajstić information content (AvgIpc) is 3.24. The summed E-state index contributed by atoms with van der Waals surface area (Å²) in [6.45, 7) is 5.00. The van der Waals surface area contributed by atoms with Gasteiger partial charge in [0.1, 0.15) is 5.76 Å². The fourth-order valence-corrected chi connectivity index (χ4v) is 3.24. The largest absolute Gasteiger partial charge is 0.463 e. The van der Waals surface area contributed by atoms with Gasteiger partial charge in [0.25, 0.3) is 0 Å². The van der Waals surface area contributed by atoms with Gasteiger partial charge in [-0.25, -0.2) is 4.79 Å². The molecule has 1 aromatic heterocycles. The van der Waals surface area contributed by atoms with E-state index in [1.165, 1.54) is 12.7 Å². The molecule has 1 saturated heterocycles. The zero-order chi connectivity index (χ0) is 17.6. The summed E-state index contributed by atoms with van der Waals surface area (Å²) in [4.78, 5) is 14.1. The van der Waals surface area contributed by atoms with Gasteiger partial charge in [0.15, 0.2) is 0 Å². The smallest absolute Gasteiger partial charge is 0.374 e. The molecule has 2 aromatic rings. The summed E-state index contributed by atoms with van der Waals surface area (Å²) < 4.78 is 16.3. The lowest BCUT2D eigenvalue weighted by Crippen LogP contribution is -2.31. The molecule has 0 bridgehead atoms. The lowest BCUT2D eigenvalue weighted by Gasteiger charge is -2.24. The van der Waals surface area contributed by atoms with Gasteiger partial charge in [-0.1, -0.05) is 30.3 Å². The minimum Gasteiger partial charge on any atom is -0.463 e. The van der Waals surface area contributed by atoms with Crippen molar-refractivity contribution in [3.05, 3.63) is 59.0 Å². The van der Waals surface area contributed by atoms with Gasteiger partial charge >= 0.3 is 5.97 Å². The number of aryl methyl sites for hydroxylation is 1. The molecule has 3 rings (SSSR count). The summed E-state index contributed by atoms with van der Waals surface area (Å²) in [5.41, 5.74) is 2.05. The van der Waals surface area contributed by atoms with E-state index in [1.807, 2.05) is 31.2 Å². The maximum Gasteiger partial charge on any atom is 0.374 e. The third-order valence-corrected chi connectivity index (χ3v) is 4.45. The van der Waals surface area contributed by atoms with Crippen molar-refractivity contribution >= 4 is 5.97 Å². The van der Waals surface area contributed by atoms with E-state index in [1.54, 1.807) is 0 Å². The van der Waals surface area contributed by atoms with Gasteiger partial charge < -0.3 is 13.9 Å². The molecule has 134 valence electrons. The Morgan fingerprint density at radius 3 is 2.76 bits per heavy atom. The molecule has 5 heteroatoms. The molecule has 1 fully saturated rings. The van der Waals surface area contributed by atoms with E-state index in [-0.39, 0.29) is 11.9 Å². The van der Waals surface area contributed by atoms with Gasteiger partial charge in [-0.3, -0.25) is 4.90 Å². The van der Waals surface area contributed by atoms with Crippen molar-refractivity contribution in [1.29, 1.82) is 0 Å². The molecule has 0 saturated carbocycles. The number of esters is 1. The van der Waals surface area contributed by atoms with Crippen molar-refractivity contribution in [3.63, 3.8) is 0 Å². The summed E-state index contributed by atoms with van der Waals surface area (Å²) in [5, 5.41) is 0. The zero-order valence-electron chi connectivity index (χ0n) is 14.9. The second-order valence-corrected chi connectivity index (χ2v) is 6.51. The summed E-state index contributed by atoms with van der Waals surface area (Å²) in [7, 11) is 1.36. The average molecular weight is 343 g/mol. The molecular weight excluding hydrogens is 318 g/mol. The van der Waals surface area contributed by atoms with Gasteiger partial charge in [0.2, 0.25) is 5.76 Å². The summed E-state index contributed by atoms with van der Waals surface area (Å²) in [6.07, 6.45) is 2.48. The fraction of sp³-hybridized carbons (Fsp3) is 0.450. The van der Waals surface area contributed by atoms with E-state index in [0.29, 0.717) is 6.54 Å². The molecule has 25 heavy (non-hydrogen) atoms. The van der Waals surface area contributed by atoms with E-state index in [2.05, 4.69) is 17.0 Å². The summed E-state index contributed by atoms with van der Waals surface area (Å²) in [5.74, 6) is 0.624. The third-order valence-electron chi connectivity index (χ3n) is 4.45. The predicted octanol–water partition coefficient (Wildman–Crippen LogP) is 3.56. The molecule has 5 nitrogen and oxygen atoms in total. The van der Waals surface area contributed by atoms with Crippen LogP contribution in [0.4, 0.5) is 0 Å². The molecule has 1 aromatic carbocycles. The molecule has 0 spiro atoms. The van der Waals surface area contributed by atoms with Gasteiger partial charge in [0.05, 0.1) is 19.8 Å². The van der Waals surface area contributed by atoms with Crippen LogP contribution in [0.1, 0.15) is 40.3 Å². The number of furan rings is 1. The quantitative estimate of drug-likeness (QED) is 0.720. The first-order chi connectivity index (χ1) is 12.2. The SMILES string of the molecule is COC(=O)c1oc(CN(Cc2ccccc2)CC2CCCO2)cc1C. The highest BCUT2D eigenvalue weighted by molar-refractivity contribution is 5.87. The normalized spacial score (nSPS) is 17.2. The van der Waals surface area contributed by atoms with Crippen molar-refractivity contribution < 1.29 is 18.7 Å². The molecule has 0 radical (unpaired) electrons. The number of hydrogen-bond acceptors (Lipinski definition) is 5. The number of ether oxygens (including phenoxy) is 2. The van der Waals surface area contributed by atoms with Crippen molar-refractivity contribution in [2.24, 2.45) is 0 Å². The highest BCUT2D eigenvalue weighted by Gasteiger charge is 2.22. The van der Waals surface area contributed by atoms with Crippen molar-refractivity contribution in [2.45, 2.75) is 39.0 Å². The number of benzene rings is 1. The third kappa shape index (κ3) is 4.71. The standard InChI is InChI=1S/C20H25NO4/c1-15-11-18(25-19(15)20(22)23-2)14-21(13-17-9-6-10-24-17)12-16-7-4-3-5-8-16/h3-5,7-8,11,17H,6,9-10,12-14H2,1-2H3. The van der Waals surface area contributed by atoms with Crippen molar-refractivity contribution in [2.75, 3.05) is 20.3 Å². The van der Waals surface area contributed by atoms with Gasteiger partial charge in [-0.2, -0.15) is 0 Å². The molecule has 1 atom stereocenters. The molecule has 0 aliphatic carbocycles. The van der Waals surface area contributed by atoms with E-state index < -0.39 is 5.97 Å². The molecular formula is C20H25NO4. The van der Waals surface area contributed by atoms with Crippen molar-refractivity contribution in [3.8, 4) is 0 Å². The fourth-order valence-electron chi connectivity index (χ4n) is 3.24. The zero-order valence-corrected chi connectivity index (χ0v) is 14.9. The second-order valence-electron chi connectivity index (χ2n) is 6.51.